The molecule has 0 aliphatic rings. The van der Waals surface area contributed by atoms with Crippen molar-refractivity contribution in [3.63, 3.8) is 0 Å². The molecule has 6 heteroatoms. The molecule has 76 heavy (non-hydrogen) atoms. The van der Waals surface area contributed by atoms with Crippen LogP contribution in [0, 0.1) is 0 Å². The molecule has 0 aliphatic carbocycles. The van der Waals surface area contributed by atoms with Gasteiger partial charge < -0.3 is 14.2 Å². The Bertz CT molecular complexity index is 1360. The maximum absolute atomic E-state index is 12.9. The van der Waals surface area contributed by atoms with E-state index in [1.165, 1.54) is 225 Å². The highest BCUT2D eigenvalue weighted by atomic mass is 16.6. The largest absolute Gasteiger partial charge is 0.462 e. The summed E-state index contributed by atoms with van der Waals surface area (Å²) in [6.45, 7) is 6.57. The number of rotatable bonds is 61. The third kappa shape index (κ3) is 62.0. The second-order valence-electron chi connectivity index (χ2n) is 22.4. The lowest BCUT2D eigenvalue weighted by atomic mass is 10.0. The fourth-order valence-electron chi connectivity index (χ4n) is 9.79. The van der Waals surface area contributed by atoms with Crippen molar-refractivity contribution < 1.29 is 28.6 Å². The van der Waals surface area contributed by atoms with Gasteiger partial charge in [-0.15, -0.1) is 0 Å². The summed E-state index contributed by atoms with van der Waals surface area (Å²) >= 11 is 0. The lowest BCUT2D eigenvalue weighted by molar-refractivity contribution is -0.167. The van der Waals surface area contributed by atoms with Crippen molar-refractivity contribution in [1.82, 2.24) is 0 Å². The van der Waals surface area contributed by atoms with E-state index in [2.05, 4.69) is 81.5 Å². The molecule has 0 N–H and O–H groups in total. The highest BCUT2D eigenvalue weighted by Crippen LogP contribution is 2.17. The van der Waals surface area contributed by atoms with E-state index in [1.807, 2.05) is 0 Å². The standard InChI is InChI=1S/C70H126O6/c1-4-7-10-13-16-19-22-25-27-29-31-32-33-34-35-36-37-38-39-41-42-45-48-51-54-57-60-63-69(72)75-66-67(65-74-68(71)62-59-56-53-50-47-44-24-21-18-15-12-9-6-3)76-70(73)64-61-58-55-52-49-46-43-40-30-28-26-23-20-17-14-11-8-5-2/h7,10,16,19,25,27-28,30-32,67H,4-6,8-9,11-15,17-18,20-24,26,29,33-66H2,1-3H3/b10-7-,19-16-,27-25-,30-28-,32-31-. The Kier molecular flexibility index (Phi) is 62.2. The van der Waals surface area contributed by atoms with E-state index >= 15 is 0 Å². The van der Waals surface area contributed by atoms with Gasteiger partial charge >= 0.3 is 17.9 Å². The maximum Gasteiger partial charge on any atom is 0.306 e. The first-order chi connectivity index (χ1) is 37.5. The molecule has 0 radical (unpaired) electrons. The van der Waals surface area contributed by atoms with E-state index in [0.29, 0.717) is 19.3 Å². The van der Waals surface area contributed by atoms with Crippen LogP contribution in [-0.2, 0) is 28.6 Å². The number of unbranched alkanes of at least 4 members (excludes halogenated alkanes) is 40. The monoisotopic (exact) mass is 1060 g/mol. The molecule has 0 rings (SSSR count). The number of allylic oxidation sites excluding steroid dienone is 10. The minimum atomic E-state index is -0.774. The summed E-state index contributed by atoms with van der Waals surface area (Å²) in [5, 5.41) is 0. The van der Waals surface area contributed by atoms with E-state index in [4.69, 9.17) is 14.2 Å². The van der Waals surface area contributed by atoms with Gasteiger partial charge in [0.15, 0.2) is 6.10 Å². The van der Waals surface area contributed by atoms with Crippen molar-refractivity contribution in [2.24, 2.45) is 0 Å². The number of esters is 3. The van der Waals surface area contributed by atoms with Crippen molar-refractivity contribution in [3.8, 4) is 0 Å². The van der Waals surface area contributed by atoms with Crippen LogP contribution in [0.1, 0.15) is 348 Å². The van der Waals surface area contributed by atoms with Gasteiger partial charge in [0.2, 0.25) is 0 Å². The summed E-state index contributed by atoms with van der Waals surface area (Å²) < 4.78 is 17.0. The number of carbonyl (C=O) groups is 3. The number of carbonyl (C=O) groups excluding carboxylic acids is 3. The van der Waals surface area contributed by atoms with E-state index < -0.39 is 6.10 Å². The highest BCUT2D eigenvalue weighted by molar-refractivity contribution is 5.71. The van der Waals surface area contributed by atoms with Crippen molar-refractivity contribution >= 4 is 17.9 Å². The fraction of sp³-hybridized carbons (Fsp3) is 0.814. The average Bonchev–Trinajstić information content (AvgIpc) is 3.42. The smallest absolute Gasteiger partial charge is 0.306 e. The van der Waals surface area contributed by atoms with Gasteiger partial charge in [-0.1, -0.05) is 306 Å². The van der Waals surface area contributed by atoms with Crippen molar-refractivity contribution in [3.05, 3.63) is 60.8 Å². The highest BCUT2D eigenvalue weighted by Gasteiger charge is 2.19. The molecule has 0 saturated heterocycles. The second kappa shape index (κ2) is 64.6. The van der Waals surface area contributed by atoms with Gasteiger partial charge in [0.05, 0.1) is 0 Å². The maximum atomic E-state index is 12.9. The first-order valence-corrected chi connectivity index (χ1v) is 33.3. The minimum Gasteiger partial charge on any atom is -0.462 e. The van der Waals surface area contributed by atoms with Gasteiger partial charge in [-0.2, -0.15) is 0 Å². The first-order valence-electron chi connectivity index (χ1n) is 33.3. The molecule has 0 heterocycles. The molecule has 0 spiro atoms. The molecular formula is C70H126O6. The van der Waals surface area contributed by atoms with Gasteiger partial charge in [0.1, 0.15) is 13.2 Å². The topological polar surface area (TPSA) is 78.9 Å². The molecule has 1 atom stereocenters. The van der Waals surface area contributed by atoms with Crippen LogP contribution in [0.3, 0.4) is 0 Å². The quantitative estimate of drug-likeness (QED) is 0.0261. The van der Waals surface area contributed by atoms with Crippen LogP contribution >= 0.6 is 0 Å². The number of hydrogen-bond donors (Lipinski definition) is 0. The van der Waals surface area contributed by atoms with Crippen LogP contribution in [-0.4, -0.2) is 37.2 Å². The van der Waals surface area contributed by atoms with E-state index in [9.17, 15) is 14.4 Å². The van der Waals surface area contributed by atoms with Crippen LogP contribution in [0.15, 0.2) is 60.8 Å². The van der Waals surface area contributed by atoms with Gasteiger partial charge in [0.25, 0.3) is 0 Å². The molecule has 1 unspecified atom stereocenters. The summed E-state index contributed by atoms with van der Waals surface area (Å²) in [6.07, 6.45) is 82.3. The normalized spacial score (nSPS) is 12.4. The molecule has 0 aliphatic heterocycles. The second-order valence-corrected chi connectivity index (χ2v) is 22.4. The van der Waals surface area contributed by atoms with Crippen molar-refractivity contribution in [2.45, 2.75) is 354 Å². The molecule has 0 fully saturated rings. The lowest BCUT2D eigenvalue weighted by Gasteiger charge is -2.18. The Morgan fingerprint density at radius 1 is 0.276 bits per heavy atom. The third-order valence-electron chi connectivity index (χ3n) is 14.8. The van der Waals surface area contributed by atoms with E-state index in [1.54, 1.807) is 0 Å². The molecular weight excluding hydrogens is 937 g/mol. The summed E-state index contributed by atoms with van der Waals surface area (Å²) in [5.41, 5.74) is 0. The Morgan fingerprint density at radius 2 is 0.513 bits per heavy atom. The van der Waals surface area contributed by atoms with Gasteiger partial charge in [-0.25, -0.2) is 0 Å². The van der Waals surface area contributed by atoms with Crippen LogP contribution in [0.5, 0.6) is 0 Å². The SMILES string of the molecule is CC/C=C\C/C=C\C/C=C\C/C=C\CCCCCCCCCCCCCCCCC(=O)OCC(COC(=O)CCCCCCCCCCCCCCC)OC(=O)CCCCCCCCC/C=C\CCCCCCCCC. The van der Waals surface area contributed by atoms with Crippen molar-refractivity contribution in [1.29, 1.82) is 0 Å². The molecule has 442 valence electrons. The third-order valence-corrected chi connectivity index (χ3v) is 14.8. The number of hydrogen-bond acceptors (Lipinski definition) is 6. The molecule has 0 bridgehead atoms. The molecule has 0 saturated carbocycles. The zero-order valence-electron chi connectivity index (χ0n) is 50.8. The first kappa shape index (κ1) is 73.1. The lowest BCUT2D eigenvalue weighted by Crippen LogP contribution is -2.30. The molecule has 0 amide bonds. The summed E-state index contributed by atoms with van der Waals surface area (Å²) in [4.78, 5) is 38.3. The summed E-state index contributed by atoms with van der Waals surface area (Å²) in [5.74, 6) is -0.855. The van der Waals surface area contributed by atoms with Crippen LogP contribution in [0.25, 0.3) is 0 Å². The minimum absolute atomic E-state index is 0.0711. The fourth-order valence-corrected chi connectivity index (χ4v) is 9.79. The average molecular weight is 1060 g/mol. The Hall–Kier alpha value is -2.89. The Morgan fingerprint density at radius 3 is 0.816 bits per heavy atom. The molecule has 6 nitrogen and oxygen atoms in total. The Balaban J connectivity index is 4.24. The van der Waals surface area contributed by atoms with Crippen LogP contribution in [0.2, 0.25) is 0 Å². The van der Waals surface area contributed by atoms with E-state index in [0.717, 1.165) is 83.5 Å². The molecule has 0 aromatic rings. The van der Waals surface area contributed by atoms with Gasteiger partial charge in [-0.3, -0.25) is 14.4 Å². The van der Waals surface area contributed by atoms with E-state index in [-0.39, 0.29) is 31.1 Å². The zero-order chi connectivity index (χ0) is 55.0. The predicted octanol–water partition coefficient (Wildman–Crippen LogP) is 22.7. The molecule has 0 aromatic carbocycles. The number of ether oxygens (including phenoxy) is 3. The van der Waals surface area contributed by atoms with Crippen molar-refractivity contribution in [2.75, 3.05) is 13.2 Å². The zero-order valence-corrected chi connectivity index (χ0v) is 50.8. The van der Waals surface area contributed by atoms with Gasteiger partial charge in [0, 0.05) is 19.3 Å². The van der Waals surface area contributed by atoms with Crippen LogP contribution in [0.4, 0.5) is 0 Å². The van der Waals surface area contributed by atoms with Gasteiger partial charge in [-0.05, 0) is 83.5 Å². The molecule has 0 aromatic heterocycles. The summed E-state index contributed by atoms with van der Waals surface area (Å²) in [6, 6.07) is 0. The summed E-state index contributed by atoms with van der Waals surface area (Å²) in [7, 11) is 0. The van der Waals surface area contributed by atoms with Crippen LogP contribution < -0.4 is 0 Å². The Labute approximate surface area is 472 Å². The predicted molar refractivity (Wildman–Crippen MR) is 330 cm³/mol.